The van der Waals surface area contributed by atoms with Gasteiger partial charge >= 0.3 is 6.09 Å². The topological polar surface area (TPSA) is 89.4 Å². The normalized spacial score (nSPS) is 14.6. The summed E-state index contributed by atoms with van der Waals surface area (Å²) in [5.74, 6) is 0. The number of carbonyl (C=O) groups excluding carboxylic acids is 1. The van der Waals surface area contributed by atoms with Gasteiger partial charge in [-0.1, -0.05) is 6.07 Å². The van der Waals surface area contributed by atoms with Gasteiger partial charge in [-0.25, -0.2) is 20.2 Å². The predicted molar refractivity (Wildman–Crippen MR) is 108 cm³/mol. The third-order valence-electron chi connectivity index (χ3n) is 4.52. The molecule has 1 aliphatic rings. The number of hydrazone groups is 1. The minimum Gasteiger partial charge on any atom is -0.452 e. The number of methoxy groups -OCH3 is 1. The molecule has 142 valence electrons. The summed E-state index contributed by atoms with van der Waals surface area (Å²) in [5.41, 5.74) is 7.92. The molecule has 0 unspecified atom stereocenters. The highest BCUT2D eigenvalue weighted by Crippen LogP contribution is 2.35. The highest BCUT2D eigenvalue weighted by atomic mass is 32.1. The molecule has 3 aromatic rings. The smallest absolute Gasteiger partial charge is 0.427 e. The lowest BCUT2D eigenvalue weighted by Crippen LogP contribution is -2.22. The average Bonchev–Trinajstić information content (AvgIpc) is 3.13. The quantitative estimate of drug-likeness (QED) is 0.680. The predicted octanol–water partition coefficient (Wildman–Crippen LogP) is 3.97. The van der Waals surface area contributed by atoms with Gasteiger partial charge in [0.1, 0.15) is 5.01 Å². The summed E-state index contributed by atoms with van der Waals surface area (Å²) in [5, 5.41) is 5.13. The monoisotopic (exact) mass is 393 g/mol. The fourth-order valence-electron chi connectivity index (χ4n) is 3.15. The summed E-state index contributed by atoms with van der Waals surface area (Å²) in [6.07, 6.45) is 5.65. The van der Waals surface area contributed by atoms with Gasteiger partial charge in [0.2, 0.25) is 0 Å². The molecule has 0 fully saturated rings. The van der Waals surface area contributed by atoms with Gasteiger partial charge < -0.3 is 4.74 Å². The molecule has 4 rings (SSSR count). The Bertz CT molecular complexity index is 1050. The van der Waals surface area contributed by atoms with Gasteiger partial charge in [-0.3, -0.25) is 4.98 Å². The van der Waals surface area contributed by atoms with Crippen molar-refractivity contribution in [2.24, 2.45) is 5.10 Å². The Morgan fingerprint density at radius 3 is 2.93 bits per heavy atom. The molecule has 0 spiro atoms. The van der Waals surface area contributed by atoms with Crippen LogP contribution in [0.2, 0.25) is 0 Å². The van der Waals surface area contributed by atoms with E-state index in [1.54, 1.807) is 17.5 Å². The van der Waals surface area contributed by atoms with E-state index in [0.29, 0.717) is 0 Å². The van der Waals surface area contributed by atoms with E-state index >= 15 is 0 Å². The number of aryl methyl sites for hydroxylation is 2. The molecule has 8 heteroatoms. The van der Waals surface area contributed by atoms with E-state index in [-0.39, 0.29) is 0 Å². The maximum Gasteiger partial charge on any atom is 0.427 e. The molecule has 1 N–H and O–H groups in total. The molecule has 0 radical (unpaired) electrons. The number of nitrogens with one attached hydrogen (secondary N) is 1. The molecule has 28 heavy (non-hydrogen) atoms. The number of aromatic nitrogens is 3. The van der Waals surface area contributed by atoms with Crippen molar-refractivity contribution >= 4 is 23.1 Å². The zero-order valence-electron chi connectivity index (χ0n) is 15.6. The van der Waals surface area contributed by atoms with Crippen LogP contribution in [-0.4, -0.2) is 33.9 Å². The van der Waals surface area contributed by atoms with Gasteiger partial charge in [-0.15, -0.1) is 11.3 Å². The van der Waals surface area contributed by atoms with Crippen LogP contribution in [0.4, 0.5) is 4.79 Å². The molecule has 7 nitrogen and oxygen atoms in total. The van der Waals surface area contributed by atoms with Crippen molar-refractivity contribution in [2.75, 3.05) is 7.11 Å². The maximum absolute atomic E-state index is 11.4. The number of hydrogen-bond acceptors (Lipinski definition) is 7. The third-order valence-corrected chi connectivity index (χ3v) is 5.75. The van der Waals surface area contributed by atoms with Crippen LogP contribution in [0, 0.1) is 6.92 Å². The molecule has 0 saturated heterocycles. The Kier molecular flexibility index (Phi) is 5.12. The minimum absolute atomic E-state index is 0.588. The van der Waals surface area contributed by atoms with E-state index in [0.717, 1.165) is 63.1 Å². The third kappa shape index (κ3) is 3.63. The molecular formula is C20H19N5O2S. The Balaban J connectivity index is 1.71. The summed E-state index contributed by atoms with van der Waals surface area (Å²) in [4.78, 5) is 26.1. The first-order valence-corrected chi connectivity index (χ1v) is 9.76. The van der Waals surface area contributed by atoms with Gasteiger partial charge in [-0.05, 0) is 49.9 Å². The lowest BCUT2D eigenvalue weighted by atomic mass is 9.94. The van der Waals surface area contributed by atoms with Crippen LogP contribution < -0.4 is 5.43 Å². The van der Waals surface area contributed by atoms with Crippen molar-refractivity contribution in [2.45, 2.75) is 26.2 Å². The first-order valence-electron chi connectivity index (χ1n) is 8.94. The number of amides is 1. The SMILES string of the molecule is COC(=O)N/N=C1/CCCc2ccc(-c3sc(-c4cccnc4)nc3C)nc21. The Labute approximate surface area is 166 Å². The number of pyridine rings is 2. The van der Waals surface area contributed by atoms with Crippen molar-refractivity contribution in [3.63, 3.8) is 0 Å². The van der Waals surface area contributed by atoms with Crippen LogP contribution in [0.25, 0.3) is 21.1 Å². The van der Waals surface area contributed by atoms with Crippen LogP contribution in [0.3, 0.4) is 0 Å². The molecule has 0 atom stereocenters. The van der Waals surface area contributed by atoms with Gasteiger partial charge in [0.15, 0.2) is 0 Å². The van der Waals surface area contributed by atoms with E-state index in [1.165, 1.54) is 7.11 Å². The van der Waals surface area contributed by atoms with E-state index in [1.807, 2.05) is 31.3 Å². The van der Waals surface area contributed by atoms with E-state index in [2.05, 4.69) is 26.3 Å². The van der Waals surface area contributed by atoms with E-state index < -0.39 is 6.09 Å². The summed E-state index contributed by atoms with van der Waals surface area (Å²) in [7, 11) is 1.31. The van der Waals surface area contributed by atoms with E-state index in [9.17, 15) is 4.79 Å². The van der Waals surface area contributed by atoms with Crippen molar-refractivity contribution in [3.8, 4) is 21.1 Å². The van der Waals surface area contributed by atoms with Crippen LogP contribution in [0.15, 0.2) is 41.8 Å². The number of rotatable bonds is 3. The number of fused-ring (bicyclic) bond motifs is 1. The van der Waals surface area contributed by atoms with Crippen molar-refractivity contribution in [1.82, 2.24) is 20.4 Å². The standard InChI is InChI=1S/C20H19N5O2S/c1-12-18(28-19(22-12)14-6-4-10-21-11-14)16-9-8-13-5-3-7-15(17(13)23-16)24-25-20(26)27-2/h4,6,8-11H,3,5,7H2,1-2H3,(H,25,26)/b24-15-. The lowest BCUT2D eigenvalue weighted by molar-refractivity contribution is 0.171. The average molecular weight is 393 g/mol. The molecule has 0 saturated carbocycles. The second-order valence-corrected chi connectivity index (χ2v) is 7.39. The van der Waals surface area contributed by atoms with Gasteiger partial charge in [-0.2, -0.15) is 5.10 Å². The summed E-state index contributed by atoms with van der Waals surface area (Å²) in [6, 6.07) is 8.02. The molecule has 1 amide bonds. The minimum atomic E-state index is -0.588. The van der Waals surface area contributed by atoms with Crippen LogP contribution >= 0.6 is 11.3 Å². The zero-order chi connectivity index (χ0) is 19.5. The summed E-state index contributed by atoms with van der Waals surface area (Å²) in [6.45, 7) is 1.99. The fourth-order valence-corrected chi connectivity index (χ4v) is 4.17. The Morgan fingerprint density at radius 1 is 1.25 bits per heavy atom. The maximum atomic E-state index is 11.4. The number of hydrogen-bond donors (Lipinski definition) is 1. The second kappa shape index (κ2) is 7.85. The summed E-state index contributed by atoms with van der Waals surface area (Å²) < 4.78 is 4.59. The van der Waals surface area contributed by atoms with E-state index in [4.69, 9.17) is 9.97 Å². The zero-order valence-corrected chi connectivity index (χ0v) is 16.4. The highest BCUT2D eigenvalue weighted by Gasteiger charge is 2.20. The van der Waals surface area contributed by atoms with Crippen LogP contribution in [-0.2, 0) is 11.2 Å². The Hall–Kier alpha value is -3.13. The van der Waals surface area contributed by atoms with Crippen LogP contribution in [0.5, 0.6) is 0 Å². The van der Waals surface area contributed by atoms with Gasteiger partial charge in [0.05, 0.1) is 34.8 Å². The van der Waals surface area contributed by atoms with Crippen molar-refractivity contribution in [1.29, 1.82) is 0 Å². The molecule has 0 bridgehead atoms. The lowest BCUT2D eigenvalue weighted by Gasteiger charge is -2.17. The number of thiazole rings is 1. The Morgan fingerprint density at radius 2 is 2.14 bits per heavy atom. The first kappa shape index (κ1) is 18.2. The van der Waals surface area contributed by atoms with Gasteiger partial charge in [0.25, 0.3) is 0 Å². The molecule has 3 heterocycles. The van der Waals surface area contributed by atoms with Crippen molar-refractivity contribution in [3.05, 3.63) is 53.6 Å². The molecule has 0 aromatic carbocycles. The van der Waals surface area contributed by atoms with Crippen molar-refractivity contribution < 1.29 is 9.53 Å². The second-order valence-electron chi connectivity index (χ2n) is 6.39. The fraction of sp³-hybridized carbons (Fsp3) is 0.250. The molecule has 3 aromatic heterocycles. The number of nitrogens with zero attached hydrogens (tertiary/aromatic N) is 4. The molecule has 1 aliphatic carbocycles. The van der Waals surface area contributed by atoms with Crippen LogP contribution in [0.1, 0.15) is 29.8 Å². The largest absolute Gasteiger partial charge is 0.452 e. The molecular weight excluding hydrogens is 374 g/mol. The number of carbonyl (C=O) groups is 1. The number of ether oxygens (including phenoxy) is 1. The highest BCUT2D eigenvalue weighted by molar-refractivity contribution is 7.18. The van der Waals surface area contributed by atoms with Gasteiger partial charge in [0, 0.05) is 18.0 Å². The first-order chi connectivity index (χ1) is 13.7. The summed E-state index contributed by atoms with van der Waals surface area (Å²) >= 11 is 1.60. The molecule has 0 aliphatic heterocycles.